The molecular formula is C27H36FN5O2. The molecule has 1 aromatic carbocycles. The molecule has 0 spiro atoms. The van der Waals surface area contributed by atoms with Crippen LogP contribution in [0, 0.1) is 24.6 Å². The van der Waals surface area contributed by atoms with Gasteiger partial charge in [0.1, 0.15) is 11.5 Å². The number of nitrogens with zero attached hydrogens (tertiary/aromatic N) is 4. The number of carbonyl (C=O) groups excluding carboxylic acids is 1. The number of aromatic nitrogens is 2. The Morgan fingerprint density at radius 1 is 1.31 bits per heavy atom. The number of rotatable bonds is 7. The number of aromatic amines is 1. The molecule has 8 heteroatoms. The fourth-order valence-electron chi connectivity index (χ4n) is 5.46. The summed E-state index contributed by atoms with van der Waals surface area (Å²) in [5, 5.41) is 7.90. The van der Waals surface area contributed by atoms with Crippen LogP contribution in [0.1, 0.15) is 55.6 Å². The number of carbonyl (C=O) groups is 1. The number of anilines is 1. The van der Waals surface area contributed by atoms with Crippen LogP contribution in [-0.4, -0.2) is 66.1 Å². The van der Waals surface area contributed by atoms with Crippen molar-refractivity contribution in [2.75, 3.05) is 38.3 Å². The highest BCUT2D eigenvalue weighted by atomic mass is 19.1. The Labute approximate surface area is 206 Å². The van der Waals surface area contributed by atoms with Gasteiger partial charge < -0.3 is 9.64 Å². The topological polar surface area (TPSA) is 73.8 Å². The number of nitrogens with one attached hydrogen (secondary N) is 1. The van der Waals surface area contributed by atoms with Gasteiger partial charge in [0, 0.05) is 42.6 Å². The Hall–Kier alpha value is -2.58. The fraction of sp³-hybridized carbons (Fsp3) is 0.593. The normalized spacial score (nSPS) is 22.9. The zero-order chi connectivity index (χ0) is 24.7. The molecule has 1 saturated carbocycles. The first-order valence-electron chi connectivity index (χ1n) is 12.9. The first kappa shape index (κ1) is 24.1. The highest BCUT2D eigenvalue weighted by Gasteiger charge is 2.43. The molecular weight excluding hydrogens is 445 g/mol. The lowest BCUT2D eigenvalue weighted by molar-refractivity contribution is -0.124. The zero-order valence-corrected chi connectivity index (χ0v) is 21.2. The molecule has 1 aliphatic heterocycles. The number of halogens is 1. The Morgan fingerprint density at radius 3 is 2.80 bits per heavy atom. The van der Waals surface area contributed by atoms with Crippen LogP contribution in [0.15, 0.2) is 17.1 Å². The largest absolute Gasteiger partial charge is 0.379 e. The molecule has 188 valence electrons. The predicted octanol–water partition coefficient (Wildman–Crippen LogP) is 4.20. The molecule has 1 N–H and O–H groups in total. The molecule has 0 radical (unpaired) electrons. The summed E-state index contributed by atoms with van der Waals surface area (Å²) in [4.78, 5) is 21.8. The van der Waals surface area contributed by atoms with Crippen LogP contribution < -0.4 is 4.90 Å². The summed E-state index contributed by atoms with van der Waals surface area (Å²) < 4.78 is 20.5. The second-order valence-corrected chi connectivity index (χ2v) is 10.3. The summed E-state index contributed by atoms with van der Waals surface area (Å²) in [6.45, 7) is 8.44. The van der Waals surface area contributed by atoms with Gasteiger partial charge in [-0.2, -0.15) is 5.10 Å². The van der Waals surface area contributed by atoms with Crippen molar-refractivity contribution in [1.29, 1.82) is 0 Å². The minimum atomic E-state index is -0.361. The Bertz CT molecular complexity index is 1140. The lowest BCUT2D eigenvalue weighted by Gasteiger charge is -2.33. The molecule has 1 amide bonds. The predicted molar refractivity (Wildman–Crippen MR) is 135 cm³/mol. The second kappa shape index (κ2) is 9.82. The average molecular weight is 482 g/mol. The minimum Gasteiger partial charge on any atom is -0.379 e. The van der Waals surface area contributed by atoms with Crippen molar-refractivity contribution in [3.05, 3.63) is 40.5 Å². The van der Waals surface area contributed by atoms with Gasteiger partial charge in [0.15, 0.2) is 0 Å². The van der Waals surface area contributed by atoms with E-state index in [1.54, 1.807) is 18.9 Å². The minimum absolute atomic E-state index is 0.0702. The van der Waals surface area contributed by atoms with Gasteiger partial charge in [-0.15, -0.1) is 0 Å². The average Bonchev–Trinajstić information content (AvgIpc) is 3.52. The molecule has 35 heavy (non-hydrogen) atoms. The van der Waals surface area contributed by atoms with E-state index >= 15 is 4.39 Å². The summed E-state index contributed by atoms with van der Waals surface area (Å²) in [7, 11) is 1.71. The van der Waals surface area contributed by atoms with Crippen LogP contribution in [0.25, 0.3) is 0 Å². The van der Waals surface area contributed by atoms with Gasteiger partial charge in [0.05, 0.1) is 30.7 Å². The number of benzene rings is 1. The number of morpholine rings is 1. The highest BCUT2D eigenvalue weighted by molar-refractivity contribution is 6.02. The number of likely N-dealkylation sites (N-methyl/N-ethyl adjacent to an activating group) is 1. The fourth-order valence-corrected chi connectivity index (χ4v) is 5.46. The van der Waals surface area contributed by atoms with E-state index in [0.717, 1.165) is 48.9 Å². The second-order valence-electron chi connectivity index (χ2n) is 10.3. The molecule has 2 unspecified atom stereocenters. The number of fused-ring (bicyclic) bond motifs is 2. The van der Waals surface area contributed by atoms with Gasteiger partial charge in [-0.3, -0.25) is 19.8 Å². The van der Waals surface area contributed by atoms with Crippen LogP contribution in [0.5, 0.6) is 0 Å². The van der Waals surface area contributed by atoms with Gasteiger partial charge in [-0.1, -0.05) is 13.3 Å². The molecule has 7 nitrogen and oxygen atoms in total. The maximum absolute atomic E-state index is 15.1. The molecule has 2 heterocycles. The number of H-pyrrole nitrogens is 1. The van der Waals surface area contributed by atoms with E-state index in [4.69, 9.17) is 9.73 Å². The quantitative estimate of drug-likeness (QED) is 0.602. The number of aliphatic imine (C=N–C) groups is 1. The smallest absolute Gasteiger partial charge is 0.243 e. The molecule has 1 aromatic heterocycles. The van der Waals surface area contributed by atoms with E-state index in [9.17, 15) is 4.79 Å². The number of ether oxygens (including phenoxy) is 1. The lowest BCUT2D eigenvalue weighted by atomic mass is 9.93. The molecule has 3 atom stereocenters. The summed E-state index contributed by atoms with van der Waals surface area (Å²) >= 11 is 0. The van der Waals surface area contributed by atoms with Gasteiger partial charge in [-0.25, -0.2) is 4.39 Å². The van der Waals surface area contributed by atoms with Crippen molar-refractivity contribution in [1.82, 2.24) is 15.1 Å². The van der Waals surface area contributed by atoms with Crippen LogP contribution in [-0.2, 0) is 22.4 Å². The highest BCUT2D eigenvalue weighted by Crippen LogP contribution is 2.48. The lowest BCUT2D eigenvalue weighted by Crippen LogP contribution is -2.50. The number of hydrogen-bond donors (Lipinski definition) is 1. The third-order valence-electron chi connectivity index (χ3n) is 7.94. The molecule has 5 rings (SSSR count). The van der Waals surface area contributed by atoms with Crippen LogP contribution in [0.2, 0.25) is 0 Å². The van der Waals surface area contributed by atoms with Gasteiger partial charge in [0.2, 0.25) is 5.91 Å². The zero-order valence-electron chi connectivity index (χ0n) is 21.2. The van der Waals surface area contributed by atoms with Crippen molar-refractivity contribution in [2.45, 2.75) is 58.9 Å². The monoisotopic (exact) mass is 481 g/mol. The van der Waals surface area contributed by atoms with Crippen molar-refractivity contribution in [2.24, 2.45) is 16.8 Å². The Morgan fingerprint density at radius 2 is 2.06 bits per heavy atom. The van der Waals surface area contributed by atoms with Gasteiger partial charge >= 0.3 is 0 Å². The first-order valence-corrected chi connectivity index (χ1v) is 12.9. The van der Waals surface area contributed by atoms with E-state index < -0.39 is 0 Å². The van der Waals surface area contributed by atoms with Crippen LogP contribution >= 0.6 is 0 Å². The van der Waals surface area contributed by atoms with E-state index in [0.29, 0.717) is 43.2 Å². The molecule has 1 saturated heterocycles. The Kier molecular flexibility index (Phi) is 6.77. The van der Waals surface area contributed by atoms with Gasteiger partial charge in [-0.05, 0) is 63.5 Å². The molecule has 0 bridgehead atoms. The van der Waals surface area contributed by atoms with E-state index in [2.05, 4.69) is 22.0 Å². The molecule has 3 aliphatic rings. The van der Waals surface area contributed by atoms with Crippen molar-refractivity contribution in [3.63, 3.8) is 0 Å². The van der Waals surface area contributed by atoms with Crippen molar-refractivity contribution < 1.29 is 13.9 Å². The van der Waals surface area contributed by atoms with E-state index in [1.807, 2.05) is 13.0 Å². The maximum atomic E-state index is 15.1. The number of hydrogen-bond acceptors (Lipinski definition) is 5. The first-order chi connectivity index (χ1) is 16.9. The standard InChI is InChI=1S/C27H36FN5O2/c1-5-6-23(26-21-12-18-11-19(18)13-25(21)30-31-26)29-24-15-20(14-22(28)16(24)2)32(4)27(34)17(3)33-7-9-35-10-8-33/h14-15,17-19H,5-13H2,1-4H3,(H,30,31)/b29-23+/t17-,18?,19?/m0/s1. The molecule has 2 aliphatic carbocycles. The Balaban J connectivity index is 1.45. The summed E-state index contributed by atoms with van der Waals surface area (Å²) in [6, 6.07) is 2.95. The summed E-state index contributed by atoms with van der Waals surface area (Å²) in [5.74, 6) is 1.15. The number of amides is 1. The van der Waals surface area contributed by atoms with E-state index in [-0.39, 0.29) is 17.8 Å². The van der Waals surface area contributed by atoms with Crippen LogP contribution in [0.3, 0.4) is 0 Å². The van der Waals surface area contributed by atoms with Crippen molar-refractivity contribution >= 4 is 23.0 Å². The molecule has 2 fully saturated rings. The third kappa shape index (κ3) is 4.78. The third-order valence-corrected chi connectivity index (χ3v) is 7.94. The van der Waals surface area contributed by atoms with E-state index in [1.165, 1.54) is 23.7 Å². The summed E-state index contributed by atoms with van der Waals surface area (Å²) in [6.07, 6.45) is 5.11. The van der Waals surface area contributed by atoms with Gasteiger partial charge in [0.25, 0.3) is 0 Å². The summed E-state index contributed by atoms with van der Waals surface area (Å²) in [5.41, 5.74) is 5.90. The maximum Gasteiger partial charge on any atom is 0.243 e. The molecule has 2 aromatic rings. The van der Waals surface area contributed by atoms with Crippen molar-refractivity contribution in [3.8, 4) is 0 Å². The van der Waals surface area contributed by atoms with Crippen LogP contribution in [0.4, 0.5) is 15.8 Å². The SMILES string of the molecule is CCC/C(=N\c1cc(N(C)C(=O)[C@H](C)N2CCOCC2)cc(F)c1C)c1n[nH]c2c1CC1CC1C2.